The van der Waals surface area contributed by atoms with Crippen molar-refractivity contribution in [3.63, 3.8) is 0 Å². The number of rotatable bonds is 4. The Morgan fingerprint density at radius 3 is 1.84 bits per heavy atom. The van der Waals surface area contributed by atoms with E-state index in [2.05, 4.69) is 183 Å². The second kappa shape index (κ2) is 10.4. The quantitative estimate of drug-likeness (QED) is 0.181. The number of hydrogen-bond donors (Lipinski definition) is 0. The van der Waals surface area contributed by atoms with Crippen molar-refractivity contribution in [2.24, 2.45) is 0 Å². The first-order valence-corrected chi connectivity index (χ1v) is 17.0. The minimum Gasteiger partial charge on any atom is -0.455 e. The molecule has 1 aliphatic carbocycles. The molecular formula is C47H33NO. The maximum absolute atomic E-state index is 7.02. The van der Waals surface area contributed by atoms with Crippen molar-refractivity contribution in [3.8, 4) is 22.3 Å². The number of nitrogens with zero attached hydrogens (tertiary/aromatic N) is 1. The van der Waals surface area contributed by atoms with E-state index in [4.69, 9.17) is 4.42 Å². The van der Waals surface area contributed by atoms with Crippen LogP contribution in [-0.4, -0.2) is 0 Å². The van der Waals surface area contributed by atoms with Crippen LogP contribution in [0.2, 0.25) is 0 Å². The maximum atomic E-state index is 7.02. The number of hydrogen-bond acceptors (Lipinski definition) is 2. The molecule has 232 valence electrons. The molecule has 8 aromatic carbocycles. The number of furan rings is 1. The molecule has 0 saturated heterocycles. The van der Waals surface area contributed by atoms with Gasteiger partial charge in [-0.25, -0.2) is 0 Å². The van der Waals surface area contributed by atoms with Gasteiger partial charge in [-0.15, -0.1) is 0 Å². The summed E-state index contributed by atoms with van der Waals surface area (Å²) in [6.45, 7) is 4.70. The monoisotopic (exact) mass is 627 g/mol. The average molecular weight is 628 g/mol. The predicted molar refractivity (Wildman–Crippen MR) is 206 cm³/mol. The smallest absolute Gasteiger partial charge is 0.143 e. The first-order chi connectivity index (χ1) is 24.1. The maximum Gasteiger partial charge on any atom is 0.143 e. The Morgan fingerprint density at radius 1 is 0.449 bits per heavy atom. The fourth-order valence-electron chi connectivity index (χ4n) is 8.31. The van der Waals surface area contributed by atoms with Crippen molar-refractivity contribution in [1.82, 2.24) is 0 Å². The molecule has 10 rings (SSSR count). The summed E-state index contributed by atoms with van der Waals surface area (Å²) in [4.78, 5) is 2.44. The van der Waals surface area contributed by atoms with Gasteiger partial charge in [0.2, 0.25) is 0 Å². The van der Waals surface area contributed by atoms with Crippen molar-refractivity contribution in [2.75, 3.05) is 4.90 Å². The van der Waals surface area contributed by atoms with Crippen LogP contribution >= 0.6 is 0 Å². The molecule has 0 saturated carbocycles. The third kappa shape index (κ3) is 4.07. The van der Waals surface area contributed by atoms with Crippen LogP contribution in [-0.2, 0) is 5.41 Å². The highest BCUT2D eigenvalue weighted by molar-refractivity contribution is 6.32. The van der Waals surface area contributed by atoms with Gasteiger partial charge in [0.05, 0.1) is 11.1 Å². The van der Waals surface area contributed by atoms with Crippen LogP contribution in [0.15, 0.2) is 168 Å². The molecule has 0 unspecified atom stereocenters. The van der Waals surface area contributed by atoms with Gasteiger partial charge < -0.3 is 9.32 Å². The van der Waals surface area contributed by atoms with E-state index < -0.39 is 0 Å². The molecule has 9 aromatic rings. The molecule has 0 radical (unpaired) electrons. The van der Waals surface area contributed by atoms with E-state index in [1.165, 1.54) is 38.4 Å². The Morgan fingerprint density at radius 2 is 1.06 bits per heavy atom. The van der Waals surface area contributed by atoms with E-state index in [1.807, 2.05) is 0 Å². The van der Waals surface area contributed by atoms with Gasteiger partial charge >= 0.3 is 0 Å². The summed E-state index contributed by atoms with van der Waals surface area (Å²) in [6.07, 6.45) is 0. The highest BCUT2D eigenvalue weighted by Crippen LogP contribution is 2.52. The SMILES string of the molecule is CC1(C)c2ccccc2-c2ccc(N(c3ccccc3)c3cc(-c4ccccc4)cc4oc5c6ccccc6c6ccccc6c5c34)cc21. The van der Waals surface area contributed by atoms with Gasteiger partial charge in [-0.2, -0.15) is 0 Å². The van der Waals surface area contributed by atoms with Gasteiger partial charge in [-0.05, 0) is 85.9 Å². The Hall–Kier alpha value is -6.12. The third-order valence-electron chi connectivity index (χ3n) is 10.6. The van der Waals surface area contributed by atoms with Crippen LogP contribution in [0.4, 0.5) is 17.1 Å². The van der Waals surface area contributed by atoms with Crippen molar-refractivity contribution in [3.05, 3.63) is 175 Å². The number of fused-ring (bicyclic) bond motifs is 11. The van der Waals surface area contributed by atoms with E-state index in [0.717, 1.165) is 55.5 Å². The fourth-order valence-corrected chi connectivity index (χ4v) is 8.31. The predicted octanol–water partition coefficient (Wildman–Crippen LogP) is 13.3. The lowest BCUT2D eigenvalue weighted by Gasteiger charge is -2.29. The van der Waals surface area contributed by atoms with Crippen LogP contribution in [0, 0.1) is 0 Å². The average Bonchev–Trinajstić information content (AvgIpc) is 3.66. The van der Waals surface area contributed by atoms with Crippen molar-refractivity contribution in [2.45, 2.75) is 19.3 Å². The largest absolute Gasteiger partial charge is 0.455 e. The normalized spacial score (nSPS) is 13.3. The first-order valence-electron chi connectivity index (χ1n) is 17.0. The molecule has 1 heterocycles. The summed E-state index contributed by atoms with van der Waals surface area (Å²) in [5.41, 5.74) is 12.6. The van der Waals surface area contributed by atoms with E-state index >= 15 is 0 Å². The highest BCUT2D eigenvalue weighted by atomic mass is 16.3. The zero-order chi connectivity index (χ0) is 32.7. The summed E-state index contributed by atoms with van der Waals surface area (Å²) < 4.78 is 7.02. The topological polar surface area (TPSA) is 16.4 Å². The summed E-state index contributed by atoms with van der Waals surface area (Å²) >= 11 is 0. The molecule has 0 spiro atoms. The minimum absolute atomic E-state index is 0.122. The summed E-state index contributed by atoms with van der Waals surface area (Å²) in [5.74, 6) is 0. The van der Waals surface area contributed by atoms with Crippen molar-refractivity contribution < 1.29 is 4.42 Å². The molecule has 0 atom stereocenters. The van der Waals surface area contributed by atoms with Crippen molar-refractivity contribution in [1.29, 1.82) is 0 Å². The molecule has 1 aromatic heterocycles. The van der Waals surface area contributed by atoms with Crippen LogP contribution < -0.4 is 4.90 Å². The lowest BCUT2D eigenvalue weighted by molar-refractivity contribution is 0.660. The molecule has 0 aliphatic heterocycles. The Labute approximate surface area is 285 Å². The van der Waals surface area contributed by atoms with Crippen LogP contribution in [0.1, 0.15) is 25.0 Å². The third-order valence-corrected chi connectivity index (χ3v) is 10.6. The van der Waals surface area contributed by atoms with E-state index in [1.54, 1.807) is 0 Å². The van der Waals surface area contributed by atoms with Gasteiger partial charge in [0, 0.05) is 27.6 Å². The van der Waals surface area contributed by atoms with E-state index in [9.17, 15) is 0 Å². The second-order valence-corrected chi connectivity index (χ2v) is 13.7. The minimum atomic E-state index is -0.122. The fraction of sp³-hybridized carbons (Fsp3) is 0.0638. The molecule has 0 fully saturated rings. The Balaban J connectivity index is 1.35. The van der Waals surface area contributed by atoms with E-state index in [-0.39, 0.29) is 5.41 Å². The number of benzene rings is 8. The zero-order valence-electron chi connectivity index (χ0n) is 27.4. The van der Waals surface area contributed by atoms with Crippen LogP contribution in [0.25, 0.3) is 65.7 Å². The van der Waals surface area contributed by atoms with E-state index in [0.29, 0.717) is 0 Å². The summed E-state index contributed by atoms with van der Waals surface area (Å²) in [5, 5.41) is 7.02. The Kier molecular flexibility index (Phi) is 5.95. The molecule has 1 aliphatic rings. The standard InChI is InChI=1S/C47H33NO/c1-47(2)40-24-14-13-21-36(40)37-26-25-33(29-41(37)47)48(32-17-7-4-8-18-32)42-27-31(30-15-5-3-6-16-30)28-43-45(42)44-38-22-11-9-19-34(38)35-20-10-12-23-39(35)46(44)49-43/h3-29H,1-2H3. The van der Waals surface area contributed by atoms with Crippen LogP contribution in [0.3, 0.4) is 0 Å². The second-order valence-electron chi connectivity index (χ2n) is 13.7. The van der Waals surface area contributed by atoms with Gasteiger partial charge in [0.1, 0.15) is 11.2 Å². The molecule has 0 bridgehead atoms. The first kappa shape index (κ1) is 27.9. The van der Waals surface area contributed by atoms with Gasteiger partial charge in [0.15, 0.2) is 0 Å². The zero-order valence-corrected chi connectivity index (χ0v) is 27.4. The molecule has 0 N–H and O–H groups in total. The lowest BCUT2D eigenvalue weighted by Crippen LogP contribution is -2.16. The summed E-state index contributed by atoms with van der Waals surface area (Å²) in [6, 6.07) is 59.3. The molecule has 0 amide bonds. The molecule has 49 heavy (non-hydrogen) atoms. The number of anilines is 3. The van der Waals surface area contributed by atoms with Gasteiger partial charge in [-0.3, -0.25) is 0 Å². The molecular weight excluding hydrogens is 595 g/mol. The van der Waals surface area contributed by atoms with Crippen molar-refractivity contribution >= 4 is 60.5 Å². The lowest BCUT2D eigenvalue weighted by atomic mass is 9.82. The van der Waals surface area contributed by atoms with Gasteiger partial charge in [-0.1, -0.05) is 141 Å². The number of para-hydroxylation sites is 1. The highest BCUT2D eigenvalue weighted by Gasteiger charge is 2.36. The molecule has 2 heteroatoms. The van der Waals surface area contributed by atoms with Crippen LogP contribution in [0.5, 0.6) is 0 Å². The van der Waals surface area contributed by atoms with Gasteiger partial charge in [0.25, 0.3) is 0 Å². The Bertz CT molecular complexity index is 2740. The summed E-state index contributed by atoms with van der Waals surface area (Å²) in [7, 11) is 0. The molecule has 2 nitrogen and oxygen atoms in total.